The average molecular weight is 1160 g/mol. The van der Waals surface area contributed by atoms with Crippen LogP contribution in [-0.4, -0.2) is 47.4 Å². The minimum absolute atomic E-state index is 0.0192. The second kappa shape index (κ2) is 71.8. The van der Waals surface area contributed by atoms with Gasteiger partial charge in [0, 0.05) is 12.8 Å². The van der Waals surface area contributed by atoms with Crippen LogP contribution < -0.4 is 5.32 Å². The lowest BCUT2D eigenvalue weighted by Crippen LogP contribution is -2.45. The third-order valence-corrected chi connectivity index (χ3v) is 17.7. The van der Waals surface area contributed by atoms with Crippen molar-refractivity contribution in [3.8, 4) is 0 Å². The summed E-state index contributed by atoms with van der Waals surface area (Å²) in [5.74, 6) is -0.0426. The highest BCUT2D eigenvalue weighted by molar-refractivity contribution is 5.76. The van der Waals surface area contributed by atoms with Crippen molar-refractivity contribution in [2.75, 3.05) is 13.2 Å². The van der Waals surface area contributed by atoms with Crippen LogP contribution in [-0.2, 0) is 14.3 Å². The summed E-state index contributed by atoms with van der Waals surface area (Å²) < 4.78 is 5.49. The molecular formula is C76H147NO5. The van der Waals surface area contributed by atoms with E-state index in [1.807, 2.05) is 6.08 Å². The molecular weight excluding hydrogens is 1010 g/mol. The summed E-state index contributed by atoms with van der Waals surface area (Å²) >= 11 is 0. The molecule has 0 aromatic rings. The molecule has 0 aromatic heterocycles. The Morgan fingerprint density at radius 1 is 0.329 bits per heavy atom. The molecule has 2 atom stereocenters. The van der Waals surface area contributed by atoms with Crippen LogP contribution in [0.15, 0.2) is 24.3 Å². The quantitative estimate of drug-likeness (QED) is 0.0320. The Kier molecular flexibility index (Phi) is 70.4. The highest BCUT2D eigenvalue weighted by Gasteiger charge is 2.18. The van der Waals surface area contributed by atoms with Crippen LogP contribution in [0.3, 0.4) is 0 Å². The molecule has 6 nitrogen and oxygen atoms in total. The van der Waals surface area contributed by atoms with E-state index < -0.39 is 12.1 Å². The largest absolute Gasteiger partial charge is 0.466 e. The lowest BCUT2D eigenvalue weighted by Gasteiger charge is -2.20. The number of esters is 1. The molecule has 0 fully saturated rings. The van der Waals surface area contributed by atoms with Gasteiger partial charge >= 0.3 is 5.97 Å². The van der Waals surface area contributed by atoms with Crippen molar-refractivity contribution >= 4 is 11.9 Å². The van der Waals surface area contributed by atoms with Crippen molar-refractivity contribution in [1.82, 2.24) is 5.32 Å². The molecule has 0 radical (unpaired) electrons. The van der Waals surface area contributed by atoms with Gasteiger partial charge in [-0.3, -0.25) is 9.59 Å². The van der Waals surface area contributed by atoms with E-state index in [0.29, 0.717) is 19.4 Å². The zero-order valence-electron chi connectivity index (χ0n) is 55.8. The first-order valence-corrected chi connectivity index (χ1v) is 37.6. The third-order valence-electron chi connectivity index (χ3n) is 17.7. The van der Waals surface area contributed by atoms with E-state index in [-0.39, 0.29) is 18.5 Å². The van der Waals surface area contributed by atoms with E-state index in [4.69, 9.17) is 4.74 Å². The maximum absolute atomic E-state index is 12.5. The Balaban J connectivity index is 3.39. The molecule has 0 aliphatic rings. The molecule has 0 saturated heterocycles. The van der Waals surface area contributed by atoms with Gasteiger partial charge in [0.25, 0.3) is 0 Å². The predicted molar refractivity (Wildman–Crippen MR) is 361 cm³/mol. The minimum atomic E-state index is -0.844. The van der Waals surface area contributed by atoms with Crippen LogP contribution in [0.4, 0.5) is 0 Å². The second-order valence-electron chi connectivity index (χ2n) is 26.0. The van der Waals surface area contributed by atoms with Crippen LogP contribution in [0.5, 0.6) is 0 Å². The highest BCUT2D eigenvalue weighted by atomic mass is 16.5. The van der Waals surface area contributed by atoms with Crippen LogP contribution in [0, 0.1) is 0 Å². The van der Waals surface area contributed by atoms with E-state index in [0.717, 1.165) is 38.5 Å². The van der Waals surface area contributed by atoms with Crippen LogP contribution in [0.1, 0.15) is 425 Å². The standard InChI is InChI=1S/C76H147NO5/c1-3-5-7-9-11-13-15-17-18-19-20-21-32-35-38-41-45-48-52-56-60-64-68-74(79)73(72-78)77-75(80)69-65-61-57-53-49-46-42-39-36-33-30-28-26-24-22-23-25-27-29-31-34-37-40-43-47-51-55-59-63-67-71-82-76(81)70-66-62-58-54-50-44-16-14-12-10-8-6-4-2/h23,25,64,68,73-74,78-79H,3-22,24,26-63,65-67,69-72H2,1-2H3,(H,77,80)/b25-23-,68-64+. The van der Waals surface area contributed by atoms with Gasteiger partial charge < -0.3 is 20.3 Å². The van der Waals surface area contributed by atoms with Gasteiger partial charge in [-0.1, -0.05) is 378 Å². The van der Waals surface area contributed by atoms with Gasteiger partial charge in [0.05, 0.1) is 25.4 Å². The van der Waals surface area contributed by atoms with E-state index in [9.17, 15) is 19.8 Å². The monoisotopic (exact) mass is 1150 g/mol. The third kappa shape index (κ3) is 67.5. The maximum Gasteiger partial charge on any atom is 0.305 e. The summed E-state index contributed by atoms with van der Waals surface area (Å²) in [7, 11) is 0. The summed E-state index contributed by atoms with van der Waals surface area (Å²) in [5.41, 5.74) is 0. The van der Waals surface area contributed by atoms with Crippen LogP contribution in [0.25, 0.3) is 0 Å². The number of ether oxygens (including phenoxy) is 1. The summed E-state index contributed by atoms with van der Waals surface area (Å²) in [4.78, 5) is 24.6. The molecule has 486 valence electrons. The van der Waals surface area contributed by atoms with Gasteiger partial charge in [-0.15, -0.1) is 0 Å². The fourth-order valence-electron chi connectivity index (χ4n) is 12.0. The Bertz CT molecular complexity index is 1280. The SMILES string of the molecule is CCCCCCCCCCCCCCCCCCCCCC/C=C/C(O)C(CO)NC(=O)CCCCCCCCCCCCCCCC/C=C\CCCCCCCCCCCCCCOC(=O)CCCCCCCCCCCCCCC. The molecule has 0 saturated carbocycles. The first-order valence-electron chi connectivity index (χ1n) is 37.6. The molecule has 3 N–H and O–H groups in total. The number of hydrogen-bond acceptors (Lipinski definition) is 5. The first kappa shape index (κ1) is 80.3. The summed E-state index contributed by atoms with van der Waals surface area (Å²) in [6, 6.07) is -0.628. The molecule has 6 heteroatoms. The molecule has 82 heavy (non-hydrogen) atoms. The summed E-state index contributed by atoms with van der Waals surface area (Å²) in [5, 5.41) is 23.3. The molecule has 0 bridgehead atoms. The minimum Gasteiger partial charge on any atom is -0.466 e. The normalized spacial score (nSPS) is 12.6. The number of carbonyl (C=O) groups is 2. The number of hydrogen-bond donors (Lipinski definition) is 3. The summed E-state index contributed by atoms with van der Waals surface area (Å²) in [6.45, 7) is 4.95. The lowest BCUT2D eigenvalue weighted by molar-refractivity contribution is -0.143. The number of allylic oxidation sites excluding steroid dienone is 3. The predicted octanol–water partition coefficient (Wildman–Crippen LogP) is 24.5. The molecule has 0 rings (SSSR count). The topological polar surface area (TPSA) is 95.9 Å². The molecule has 0 spiro atoms. The van der Waals surface area contributed by atoms with Crippen molar-refractivity contribution in [3.05, 3.63) is 24.3 Å². The van der Waals surface area contributed by atoms with Crippen LogP contribution >= 0.6 is 0 Å². The van der Waals surface area contributed by atoms with Gasteiger partial charge in [-0.05, 0) is 57.8 Å². The molecule has 1 amide bonds. The molecule has 0 heterocycles. The second-order valence-corrected chi connectivity index (χ2v) is 26.0. The van der Waals surface area contributed by atoms with E-state index in [2.05, 4.69) is 31.3 Å². The van der Waals surface area contributed by atoms with Gasteiger partial charge in [-0.2, -0.15) is 0 Å². The van der Waals surface area contributed by atoms with Crippen LogP contribution in [0.2, 0.25) is 0 Å². The van der Waals surface area contributed by atoms with Crippen molar-refractivity contribution in [3.63, 3.8) is 0 Å². The summed E-state index contributed by atoms with van der Waals surface area (Å²) in [6.07, 6.45) is 91.4. The molecule has 2 unspecified atom stereocenters. The number of rotatable bonds is 71. The van der Waals surface area contributed by atoms with Gasteiger partial charge in [0.15, 0.2) is 0 Å². The fourth-order valence-corrected chi connectivity index (χ4v) is 12.0. The highest BCUT2D eigenvalue weighted by Crippen LogP contribution is 2.19. The number of nitrogens with one attached hydrogen (secondary N) is 1. The Morgan fingerprint density at radius 3 is 0.866 bits per heavy atom. The zero-order chi connectivity index (χ0) is 59.2. The Morgan fingerprint density at radius 2 is 0.573 bits per heavy atom. The van der Waals surface area contributed by atoms with Gasteiger partial charge in [0.1, 0.15) is 0 Å². The van der Waals surface area contributed by atoms with Crippen molar-refractivity contribution in [2.45, 2.75) is 437 Å². The first-order chi connectivity index (χ1) is 40.5. The number of amides is 1. The van der Waals surface area contributed by atoms with Crippen molar-refractivity contribution < 1.29 is 24.5 Å². The number of aliphatic hydroxyl groups excluding tert-OH is 2. The van der Waals surface area contributed by atoms with Gasteiger partial charge in [-0.25, -0.2) is 0 Å². The Labute approximate surface area is 513 Å². The maximum atomic E-state index is 12.5. The van der Waals surface area contributed by atoms with E-state index in [1.54, 1.807) is 6.08 Å². The van der Waals surface area contributed by atoms with Crippen molar-refractivity contribution in [2.24, 2.45) is 0 Å². The van der Waals surface area contributed by atoms with E-state index in [1.165, 1.54) is 360 Å². The Hall–Kier alpha value is -1.66. The zero-order valence-corrected chi connectivity index (χ0v) is 55.8. The molecule has 0 aromatic carbocycles. The number of unbranched alkanes of at least 4 members (excludes halogenated alkanes) is 58. The molecule has 0 aliphatic carbocycles. The number of carbonyl (C=O) groups excluding carboxylic acids is 2. The lowest BCUT2D eigenvalue weighted by atomic mass is 10.0. The van der Waals surface area contributed by atoms with Crippen molar-refractivity contribution in [1.29, 1.82) is 0 Å². The smallest absolute Gasteiger partial charge is 0.305 e. The van der Waals surface area contributed by atoms with E-state index >= 15 is 0 Å². The fraction of sp³-hybridized carbons (Fsp3) is 0.921. The molecule has 0 aliphatic heterocycles. The van der Waals surface area contributed by atoms with Gasteiger partial charge in [0.2, 0.25) is 5.91 Å². The number of aliphatic hydroxyl groups is 2. The average Bonchev–Trinajstić information content (AvgIpc) is 3.48.